The summed E-state index contributed by atoms with van der Waals surface area (Å²) in [6.07, 6.45) is 11.6. The van der Waals surface area contributed by atoms with Gasteiger partial charge in [-0.2, -0.15) is 52.6 Å². The molecule has 0 bridgehead atoms. The van der Waals surface area contributed by atoms with E-state index in [4.69, 9.17) is 0 Å². The second-order valence-electron chi connectivity index (χ2n) is 8.84. The third kappa shape index (κ3) is 12.8. The molecule has 4 aromatic rings. The van der Waals surface area contributed by atoms with Gasteiger partial charge in [0.15, 0.2) is 0 Å². The fourth-order valence-corrected chi connectivity index (χ4v) is 4.34. The molecule has 200 valence electrons. The fourth-order valence-electron chi connectivity index (χ4n) is 4.34. The predicted molar refractivity (Wildman–Crippen MR) is 147 cm³/mol. The number of unbranched alkanes of at least 4 members (excludes halogenated alkanes) is 3. The summed E-state index contributed by atoms with van der Waals surface area (Å²) < 4.78 is 0. The van der Waals surface area contributed by atoms with E-state index in [1.54, 1.807) is 22.3 Å². The Morgan fingerprint density at radius 2 is 1.06 bits per heavy atom. The van der Waals surface area contributed by atoms with Crippen LogP contribution in [0.25, 0.3) is 0 Å². The van der Waals surface area contributed by atoms with Crippen molar-refractivity contribution in [3.63, 3.8) is 0 Å². The maximum atomic E-state index is 2.39. The number of hydrogen-bond donors (Lipinski definition) is 0. The molecular weight excluding hydrogens is 508 g/mol. The molecule has 0 aliphatic carbocycles. The van der Waals surface area contributed by atoms with E-state index in [2.05, 4.69) is 57.2 Å². The van der Waals surface area contributed by atoms with Crippen LogP contribution < -0.4 is 0 Å². The Morgan fingerprint density at radius 1 is 0.629 bits per heavy atom. The van der Waals surface area contributed by atoms with Gasteiger partial charge in [-0.05, 0) is 0 Å². The molecule has 0 unspecified atom stereocenters. The molecule has 0 heterocycles. The second kappa shape index (κ2) is 21.7. The second-order valence-corrected chi connectivity index (χ2v) is 8.84. The van der Waals surface area contributed by atoms with Crippen LogP contribution in [0.2, 0.25) is 0 Å². The summed E-state index contributed by atoms with van der Waals surface area (Å²) in [6.45, 7) is 6.89. The topological polar surface area (TPSA) is 0 Å². The third-order valence-corrected chi connectivity index (χ3v) is 6.20. The largest absolute Gasteiger partial charge is 0.748 e. The first-order valence-corrected chi connectivity index (χ1v) is 13.1. The van der Waals surface area contributed by atoms with Gasteiger partial charge in [-0.3, -0.25) is 0 Å². The van der Waals surface area contributed by atoms with Gasteiger partial charge in [-0.15, -0.1) is 0 Å². The van der Waals surface area contributed by atoms with Gasteiger partial charge in [0.25, 0.3) is 0 Å². The maximum absolute atomic E-state index is 2.39. The van der Waals surface area contributed by atoms with E-state index in [0.29, 0.717) is 5.92 Å². The van der Waals surface area contributed by atoms with E-state index in [-0.39, 0.29) is 34.1 Å². The van der Waals surface area contributed by atoms with E-state index in [1.165, 1.54) is 57.8 Å². The monoisotopic (exact) mass is 552 g/mol. The van der Waals surface area contributed by atoms with E-state index in [1.807, 2.05) is 60.7 Å². The van der Waals surface area contributed by atoms with Crippen LogP contribution in [0.4, 0.5) is 0 Å². The zero-order chi connectivity index (χ0) is 23.6. The molecule has 0 radical (unpaired) electrons. The number of hydrogen-bond acceptors (Lipinski definition) is 0. The third-order valence-electron chi connectivity index (χ3n) is 6.20. The Morgan fingerprint density at radius 3 is 1.40 bits per heavy atom. The Hall–Kier alpha value is -1.56. The predicted octanol–water partition coefficient (Wildman–Crippen LogP) is 9.94. The zero-order valence-corrected chi connectivity index (χ0v) is 24.1. The van der Waals surface area contributed by atoms with Crippen LogP contribution in [0.15, 0.2) is 97.1 Å². The fraction of sp³-hybridized carbons (Fsp3) is 0.394. The molecule has 0 spiro atoms. The van der Waals surface area contributed by atoms with Crippen LogP contribution in [0.5, 0.6) is 0 Å². The van der Waals surface area contributed by atoms with Crippen LogP contribution in [-0.2, 0) is 47.0 Å². The van der Waals surface area contributed by atoms with Crippen molar-refractivity contribution >= 4 is 0 Å². The van der Waals surface area contributed by atoms with Crippen LogP contribution in [0, 0.1) is 0 Å². The van der Waals surface area contributed by atoms with Gasteiger partial charge in [0.05, 0.1) is 0 Å². The molecule has 0 saturated carbocycles. The Labute approximate surface area is 237 Å². The van der Waals surface area contributed by atoms with Gasteiger partial charge in [0, 0.05) is 34.1 Å². The van der Waals surface area contributed by atoms with E-state index < -0.39 is 0 Å². The molecule has 0 nitrogen and oxygen atoms in total. The summed E-state index contributed by atoms with van der Waals surface area (Å²) >= 11 is 0. The zero-order valence-electron chi connectivity index (χ0n) is 21.9. The van der Waals surface area contributed by atoms with Crippen LogP contribution in [0.1, 0.15) is 93.9 Å². The molecule has 0 atom stereocenters. The molecule has 0 amide bonds. The number of aryl methyl sites for hydroxylation is 2. The molecule has 0 aliphatic heterocycles. The Bertz CT molecular complexity index is 786. The molecule has 0 N–H and O–H groups in total. The SMILES string of the molecule is CCCCc1ccc[c-]1C(CCCC)[c-]1cccc1CCCC.[Fe].[Fe].[cH-]1[cH-][cH-][cH-][cH-]1.c1cc[cH-]c1. The van der Waals surface area contributed by atoms with Crippen molar-refractivity contribution in [2.45, 2.75) is 84.5 Å². The molecule has 4 aromatic carbocycles. The first kappa shape index (κ1) is 33.4. The molecule has 35 heavy (non-hydrogen) atoms. The molecule has 0 saturated heterocycles. The maximum Gasteiger partial charge on any atom is 0 e. The molecule has 0 aromatic heterocycles. The first-order chi connectivity index (χ1) is 16.3. The van der Waals surface area contributed by atoms with Crippen molar-refractivity contribution in [2.24, 2.45) is 0 Å². The van der Waals surface area contributed by atoms with Gasteiger partial charge in [-0.1, -0.05) is 84.5 Å². The number of rotatable bonds is 11. The summed E-state index contributed by atoms with van der Waals surface area (Å²) in [5, 5.41) is 0. The minimum atomic E-state index is 0. The Kier molecular flexibility index (Phi) is 20.7. The van der Waals surface area contributed by atoms with E-state index in [0.717, 1.165) is 0 Å². The summed E-state index contributed by atoms with van der Waals surface area (Å²) in [6, 6.07) is 34.0. The van der Waals surface area contributed by atoms with E-state index >= 15 is 0 Å². The summed E-state index contributed by atoms with van der Waals surface area (Å²) in [5.74, 6) is 0.610. The van der Waals surface area contributed by atoms with Crippen molar-refractivity contribution in [2.75, 3.05) is 0 Å². The van der Waals surface area contributed by atoms with Crippen molar-refractivity contribution in [1.29, 1.82) is 0 Å². The quantitative estimate of drug-likeness (QED) is 0.128. The van der Waals surface area contributed by atoms with Gasteiger partial charge < -0.3 is 30.3 Å². The van der Waals surface area contributed by atoms with Crippen molar-refractivity contribution in [3.8, 4) is 0 Å². The van der Waals surface area contributed by atoms with Crippen molar-refractivity contribution in [1.82, 2.24) is 0 Å². The normalized spacial score (nSPS) is 9.83. The van der Waals surface area contributed by atoms with Gasteiger partial charge in [0.2, 0.25) is 0 Å². The minimum absolute atomic E-state index is 0. The smallest absolute Gasteiger partial charge is 0 e. The van der Waals surface area contributed by atoms with Crippen LogP contribution in [0.3, 0.4) is 0 Å². The summed E-state index contributed by atoms with van der Waals surface area (Å²) in [4.78, 5) is 0. The van der Waals surface area contributed by atoms with Gasteiger partial charge in [0.1, 0.15) is 0 Å². The van der Waals surface area contributed by atoms with Crippen molar-refractivity contribution < 1.29 is 34.1 Å². The van der Waals surface area contributed by atoms with Crippen LogP contribution >= 0.6 is 0 Å². The van der Waals surface area contributed by atoms with Crippen LogP contribution in [-0.4, -0.2) is 0 Å². The summed E-state index contributed by atoms with van der Waals surface area (Å²) in [7, 11) is 0. The summed E-state index contributed by atoms with van der Waals surface area (Å²) in [5.41, 5.74) is 6.40. The molecule has 4 rings (SSSR count). The first-order valence-electron chi connectivity index (χ1n) is 13.1. The molecular formula is C33H44Fe2-8. The molecule has 0 fully saturated rings. The van der Waals surface area contributed by atoms with E-state index in [9.17, 15) is 0 Å². The molecule has 2 heteroatoms. The average molecular weight is 552 g/mol. The minimum Gasteiger partial charge on any atom is -0.748 e. The Balaban J connectivity index is 0.000000793. The van der Waals surface area contributed by atoms with Gasteiger partial charge in [-0.25, -0.2) is 36.4 Å². The standard InChI is InChI=1S/C23H34.2C5H5.2Fe/c1-4-7-12-19-14-10-17-21(19)23(16-9-6-3)22-18-11-15-20(22)13-8-5-2;2*1-2-4-5-3-1;;/h10-11,14-15,17-18,23H,4-9,12-13,16H2,1-3H3;2*1-5H;;/q-2;-5;-1;;. The average Bonchev–Trinajstić information content (AvgIpc) is 3.67. The van der Waals surface area contributed by atoms with Crippen molar-refractivity contribution in [3.05, 3.63) is 119 Å². The van der Waals surface area contributed by atoms with Gasteiger partial charge >= 0.3 is 0 Å². The molecule has 0 aliphatic rings.